The van der Waals surface area contributed by atoms with Crippen LogP contribution in [0.1, 0.15) is 25.0 Å². The third kappa shape index (κ3) is 5.53. The first kappa shape index (κ1) is 27.0. The van der Waals surface area contributed by atoms with Gasteiger partial charge in [0.25, 0.3) is 0 Å². The largest absolute Gasteiger partial charge is 0.0798 e. The van der Waals surface area contributed by atoms with Crippen molar-refractivity contribution in [1.29, 1.82) is 0 Å². The molecule has 0 atom stereocenters. The van der Waals surface area contributed by atoms with Crippen molar-refractivity contribution in [3.05, 3.63) is 181 Å². The van der Waals surface area contributed by atoms with Crippen molar-refractivity contribution in [3.8, 4) is 44.5 Å². The van der Waals surface area contributed by atoms with Gasteiger partial charge in [-0.2, -0.15) is 0 Å². The van der Waals surface area contributed by atoms with Crippen molar-refractivity contribution >= 4 is 11.1 Å². The summed E-state index contributed by atoms with van der Waals surface area (Å²) < 4.78 is 0. The monoisotopic (exact) mass is 538 g/mol. The van der Waals surface area contributed by atoms with Gasteiger partial charge in [0.15, 0.2) is 0 Å². The van der Waals surface area contributed by atoms with Gasteiger partial charge in [-0.3, -0.25) is 0 Å². The van der Waals surface area contributed by atoms with Crippen molar-refractivity contribution in [3.63, 3.8) is 0 Å². The Morgan fingerprint density at radius 2 is 0.857 bits per heavy atom. The van der Waals surface area contributed by atoms with Gasteiger partial charge in [-0.25, -0.2) is 0 Å². The molecule has 0 radical (unpaired) electrons. The minimum atomic E-state index is 1.20. The Morgan fingerprint density at radius 3 is 1.33 bits per heavy atom. The van der Waals surface area contributed by atoms with Crippen molar-refractivity contribution in [1.82, 2.24) is 0 Å². The van der Waals surface area contributed by atoms with Crippen molar-refractivity contribution in [2.24, 2.45) is 0 Å². The van der Waals surface area contributed by atoms with Crippen LogP contribution in [-0.4, -0.2) is 0 Å². The Labute approximate surface area is 250 Å². The van der Waals surface area contributed by atoms with Crippen LogP contribution in [0.5, 0.6) is 0 Å². The first-order valence-electron chi connectivity index (χ1n) is 14.6. The van der Waals surface area contributed by atoms with E-state index in [1.165, 1.54) is 66.8 Å². The van der Waals surface area contributed by atoms with Gasteiger partial charge in [0.05, 0.1) is 0 Å². The lowest BCUT2D eigenvalue weighted by atomic mass is 9.78. The molecule has 6 aromatic rings. The fraction of sp³-hybridized carbons (Fsp3) is 0.0476. The second kappa shape index (κ2) is 12.5. The number of allylic oxidation sites excluding steroid dienone is 4. The van der Waals surface area contributed by atoms with Crippen molar-refractivity contribution < 1.29 is 0 Å². The van der Waals surface area contributed by atoms with E-state index in [1.807, 2.05) is 0 Å². The van der Waals surface area contributed by atoms with E-state index in [0.29, 0.717) is 0 Å². The van der Waals surface area contributed by atoms with Crippen LogP contribution in [0.25, 0.3) is 55.7 Å². The van der Waals surface area contributed by atoms with E-state index in [9.17, 15) is 0 Å². The van der Waals surface area contributed by atoms with Crippen LogP contribution in [0.3, 0.4) is 0 Å². The highest BCUT2D eigenvalue weighted by molar-refractivity contribution is 6.07. The van der Waals surface area contributed by atoms with Crippen molar-refractivity contribution in [2.45, 2.75) is 13.8 Å². The molecule has 0 N–H and O–H groups in total. The van der Waals surface area contributed by atoms with Crippen LogP contribution in [0.2, 0.25) is 0 Å². The molecule has 42 heavy (non-hydrogen) atoms. The molecule has 0 fully saturated rings. The van der Waals surface area contributed by atoms with Gasteiger partial charge in [-0.1, -0.05) is 164 Å². The average Bonchev–Trinajstić information content (AvgIpc) is 3.08. The molecule has 0 amide bonds. The third-order valence-corrected chi connectivity index (χ3v) is 7.82. The molecule has 0 bridgehead atoms. The molecule has 6 rings (SSSR count). The maximum atomic E-state index is 2.41. The highest BCUT2D eigenvalue weighted by Gasteiger charge is 2.23. The molecule has 0 aliphatic heterocycles. The van der Waals surface area contributed by atoms with Crippen molar-refractivity contribution in [2.75, 3.05) is 0 Å². The number of hydrogen-bond acceptors (Lipinski definition) is 0. The summed E-state index contributed by atoms with van der Waals surface area (Å²) >= 11 is 0. The minimum absolute atomic E-state index is 1.20. The molecule has 0 nitrogen and oxygen atoms in total. The fourth-order valence-electron chi connectivity index (χ4n) is 5.79. The lowest BCUT2D eigenvalue weighted by Crippen LogP contribution is -2.00. The summed E-state index contributed by atoms with van der Waals surface area (Å²) in [5, 5.41) is 0. The van der Waals surface area contributed by atoms with Gasteiger partial charge in [0.2, 0.25) is 0 Å². The maximum Gasteiger partial charge on any atom is -0.00143 e. The molecule has 0 aliphatic rings. The lowest BCUT2D eigenvalue weighted by molar-refractivity contribution is 1.50. The first-order chi connectivity index (χ1) is 20.7. The second-order valence-electron chi connectivity index (χ2n) is 10.5. The maximum absolute atomic E-state index is 2.41. The molecule has 0 heteroatoms. The van der Waals surface area contributed by atoms with Gasteiger partial charge in [-0.15, -0.1) is 0 Å². The van der Waals surface area contributed by atoms with Crippen LogP contribution >= 0.6 is 0 Å². The predicted octanol–water partition coefficient (Wildman–Crippen LogP) is 11.9. The summed E-state index contributed by atoms with van der Waals surface area (Å²) in [6, 6.07) is 56.4. The summed E-state index contributed by atoms with van der Waals surface area (Å²) in [6.45, 7) is 4.35. The molecule has 0 spiro atoms. The standard InChI is InChI=1S/C42H34/c1-3-32(29-31(2)33-19-9-4-10-20-33)38-30-39(34-21-11-5-12-22-34)41(36-25-15-7-16-26-36)42(37-27-17-8-18-28-37)40(38)35-23-13-6-14-24-35/h3-30H,1-2H3/b31-29+,32-3+. The molecule has 0 saturated heterocycles. The molecular formula is C42H34. The second-order valence-corrected chi connectivity index (χ2v) is 10.5. The van der Waals surface area contributed by atoms with Crippen LogP contribution in [-0.2, 0) is 0 Å². The third-order valence-electron chi connectivity index (χ3n) is 7.82. The van der Waals surface area contributed by atoms with Gasteiger partial charge < -0.3 is 0 Å². The Bertz CT molecular complexity index is 1830. The topological polar surface area (TPSA) is 0 Å². The van der Waals surface area contributed by atoms with E-state index >= 15 is 0 Å². The Morgan fingerprint density at radius 1 is 0.452 bits per heavy atom. The minimum Gasteiger partial charge on any atom is -0.0798 e. The van der Waals surface area contributed by atoms with Crippen LogP contribution in [0.4, 0.5) is 0 Å². The summed E-state index contributed by atoms with van der Waals surface area (Å²) in [4.78, 5) is 0. The fourth-order valence-corrected chi connectivity index (χ4v) is 5.79. The predicted molar refractivity (Wildman–Crippen MR) is 182 cm³/mol. The summed E-state index contributed by atoms with van der Waals surface area (Å²) in [6.07, 6.45) is 4.59. The number of rotatable bonds is 7. The van der Waals surface area contributed by atoms with E-state index < -0.39 is 0 Å². The molecule has 6 aromatic carbocycles. The molecule has 0 heterocycles. The van der Waals surface area contributed by atoms with Crippen LogP contribution < -0.4 is 0 Å². The van der Waals surface area contributed by atoms with E-state index in [4.69, 9.17) is 0 Å². The van der Waals surface area contributed by atoms with Gasteiger partial charge >= 0.3 is 0 Å². The lowest BCUT2D eigenvalue weighted by Gasteiger charge is -2.25. The quantitative estimate of drug-likeness (QED) is 0.177. The van der Waals surface area contributed by atoms with Crippen LogP contribution in [0.15, 0.2) is 170 Å². The molecule has 202 valence electrons. The number of hydrogen-bond donors (Lipinski definition) is 0. The zero-order valence-corrected chi connectivity index (χ0v) is 24.2. The zero-order chi connectivity index (χ0) is 28.7. The van der Waals surface area contributed by atoms with E-state index in [2.05, 4.69) is 184 Å². The Balaban J connectivity index is 1.77. The van der Waals surface area contributed by atoms with E-state index in [-0.39, 0.29) is 0 Å². The van der Waals surface area contributed by atoms with Gasteiger partial charge in [-0.05, 0) is 86.7 Å². The summed E-state index contributed by atoms with van der Waals surface area (Å²) in [5.74, 6) is 0. The summed E-state index contributed by atoms with van der Waals surface area (Å²) in [5.41, 5.74) is 14.6. The highest BCUT2D eigenvalue weighted by atomic mass is 14.3. The number of benzene rings is 6. The molecule has 0 saturated carbocycles. The SMILES string of the molecule is C/C=C(\C=C(/C)c1ccccc1)c1cc(-c2ccccc2)c(-c2ccccc2)c(-c2ccccc2)c1-c1ccccc1. The van der Waals surface area contributed by atoms with E-state index in [1.54, 1.807) is 0 Å². The zero-order valence-electron chi connectivity index (χ0n) is 24.2. The van der Waals surface area contributed by atoms with Gasteiger partial charge in [0.1, 0.15) is 0 Å². The normalized spacial score (nSPS) is 11.9. The Kier molecular flexibility index (Phi) is 8.06. The molecule has 0 aromatic heterocycles. The Hall–Kier alpha value is -5.20. The van der Waals surface area contributed by atoms with E-state index in [0.717, 1.165) is 0 Å². The molecule has 0 unspecified atom stereocenters. The van der Waals surface area contributed by atoms with Gasteiger partial charge in [0, 0.05) is 0 Å². The molecular weight excluding hydrogens is 504 g/mol. The average molecular weight is 539 g/mol. The van der Waals surface area contributed by atoms with Crippen LogP contribution in [0, 0.1) is 0 Å². The smallest absolute Gasteiger partial charge is 0.00143 e. The molecule has 0 aliphatic carbocycles. The highest BCUT2D eigenvalue weighted by Crippen LogP contribution is 2.49. The summed E-state index contributed by atoms with van der Waals surface area (Å²) in [7, 11) is 0. The first-order valence-corrected chi connectivity index (χ1v) is 14.6.